The summed E-state index contributed by atoms with van der Waals surface area (Å²) < 4.78 is 93.4. The molecule has 2 unspecified atom stereocenters. The van der Waals surface area contributed by atoms with Gasteiger partial charge in [0, 0.05) is 12.6 Å². The zero-order valence-corrected chi connectivity index (χ0v) is 16.5. The molecule has 3 rings (SSSR count). The van der Waals surface area contributed by atoms with Crippen molar-refractivity contribution in [2.45, 2.75) is 35.4 Å². The Bertz CT molecular complexity index is 790. The average Bonchev–Trinajstić information content (AvgIpc) is 3.01. The topological polar surface area (TPSA) is 53.9 Å². The Morgan fingerprint density at radius 3 is 2.46 bits per heavy atom. The number of aliphatic imine (C=N–C) groups is 1. The molecule has 0 spiro atoms. The number of benzene rings is 1. The number of ether oxygens (including phenoxy) is 1. The first-order valence-corrected chi connectivity index (χ1v) is 8.45. The fourth-order valence-electron chi connectivity index (χ4n) is 2.86. The number of nitrogens with zero attached hydrogens (tertiary/aromatic N) is 1. The quantitative estimate of drug-likeness (QED) is 0.619. The minimum Gasteiger partial charge on any atom is -0.487 e. The molecule has 1 aromatic rings. The highest BCUT2D eigenvalue weighted by atomic mass is 79.9. The first-order valence-electron chi connectivity index (χ1n) is 7.57. The predicted octanol–water partition coefficient (Wildman–Crippen LogP) is 3.87. The third kappa shape index (κ3) is 3.56. The second kappa shape index (κ2) is 7.24. The number of nitrogens with one attached hydrogen (secondary N) is 1. The van der Waals surface area contributed by atoms with E-state index < -0.39 is 30.4 Å². The lowest BCUT2D eigenvalue weighted by atomic mass is 10.1. The molecule has 0 saturated carbocycles. The largest absolute Gasteiger partial charge is 0.487 e. The molecule has 158 valence electrons. The summed E-state index contributed by atoms with van der Waals surface area (Å²) in [5, 5.41) is 13.6. The van der Waals surface area contributed by atoms with Gasteiger partial charge < -0.3 is 15.2 Å². The summed E-state index contributed by atoms with van der Waals surface area (Å²) in [4.78, 5) is 4.16. The van der Waals surface area contributed by atoms with E-state index in [1.54, 1.807) is 7.05 Å². The fraction of sp³-hybridized carbons (Fsp3) is 0.533. The number of alkyl halides is 7. The van der Waals surface area contributed by atoms with Crippen LogP contribution in [0.5, 0.6) is 5.75 Å². The summed E-state index contributed by atoms with van der Waals surface area (Å²) in [6.07, 6.45) is -6.11. The first-order chi connectivity index (χ1) is 12.3. The van der Waals surface area contributed by atoms with E-state index in [0.717, 1.165) is 6.07 Å². The van der Waals surface area contributed by atoms with Gasteiger partial charge in [0.1, 0.15) is 5.75 Å². The number of thioether (sulfide) groups is 1. The molecule has 0 bridgehead atoms. The van der Waals surface area contributed by atoms with Crippen molar-refractivity contribution in [2.24, 2.45) is 4.99 Å². The maximum atomic E-state index is 13.3. The van der Waals surface area contributed by atoms with Crippen molar-refractivity contribution in [3.8, 4) is 5.75 Å². The number of rotatable bonds is 4. The highest BCUT2D eigenvalue weighted by Crippen LogP contribution is 2.50. The number of hydrogen-bond acceptors (Lipinski definition) is 5. The first kappa shape index (κ1) is 23.1. The van der Waals surface area contributed by atoms with E-state index in [2.05, 4.69) is 15.0 Å². The Kier molecular flexibility index (Phi) is 5.97. The van der Waals surface area contributed by atoms with Gasteiger partial charge in [-0.05, 0) is 24.1 Å². The Morgan fingerprint density at radius 2 is 1.89 bits per heavy atom. The molecule has 0 amide bonds. The summed E-state index contributed by atoms with van der Waals surface area (Å²) >= 11 is 1.27. The van der Waals surface area contributed by atoms with Gasteiger partial charge >= 0.3 is 18.0 Å². The normalized spacial score (nSPS) is 24.2. The van der Waals surface area contributed by atoms with Crippen LogP contribution in [0.1, 0.15) is 11.1 Å². The highest BCUT2D eigenvalue weighted by Gasteiger charge is 2.73. The van der Waals surface area contributed by atoms with Gasteiger partial charge in [-0.2, -0.15) is 30.7 Å². The summed E-state index contributed by atoms with van der Waals surface area (Å²) in [6.45, 7) is -2.15. The lowest BCUT2D eigenvalue weighted by Gasteiger charge is -2.28. The van der Waals surface area contributed by atoms with Crippen molar-refractivity contribution in [2.75, 3.05) is 13.7 Å². The number of hydrogen-bond donors (Lipinski definition) is 2. The summed E-state index contributed by atoms with van der Waals surface area (Å²) in [5.74, 6) is -12.0. The van der Waals surface area contributed by atoms with Crippen molar-refractivity contribution in [3.63, 3.8) is 0 Å². The van der Waals surface area contributed by atoms with Gasteiger partial charge in [0.2, 0.25) is 0 Å². The molecule has 2 aliphatic rings. The van der Waals surface area contributed by atoms with Gasteiger partial charge in [0.25, 0.3) is 0 Å². The zero-order valence-electron chi connectivity index (χ0n) is 14.0. The third-order valence-corrected chi connectivity index (χ3v) is 5.60. The van der Waals surface area contributed by atoms with Crippen LogP contribution < -0.4 is 10.1 Å². The maximum absolute atomic E-state index is 13.3. The number of amidine groups is 1. The van der Waals surface area contributed by atoms with E-state index in [0.29, 0.717) is 16.3 Å². The van der Waals surface area contributed by atoms with Gasteiger partial charge in [-0.25, -0.2) is 4.99 Å². The smallest absolute Gasteiger partial charge is 0.460 e. The van der Waals surface area contributed by atoms with Crippen LogP contribution in [0.25, 0.3) is 0 Å². The molecule has 0 saturated heterocycles. The molecule has 28 heavy (non-hydrogen) atoms. The van der Waals surface area contributed by atoms with Crippen LogP contribution in [-0.2, 0) is 12.1 Å². The SMILES string of the molecule is Br.CNC1=NC2(O)c3ccc(OCC(F)(F)C(F)(F)C(F)(F)F)cc3CC2S1. The van der Waals surface area contributed by atoms with Gasteiger partial charge in [-0.3, -0.25) is 0 Å². The van der Waals surface area contributed by atoms with E-state index in [9.17, 15) is 35.8 Å². The van der Waals surface area contributed by atoms with E-state index in [4.69, 9.17) is 0 Å². The van der Waals surface area contributed by atoms with Gasteiger partial charge in [-0.1, -0.05) is 17.8 Å². The van der Waals surface area contributed by atoms with Crippen LogP contribution in [0.4, 0.5) is 30.7 Å². The maximum Gasteiger partial charge on any atom is 0.460 e. The average molecular weight is 499 g/mol. The molecular formula is C15H14BrF7N2O2S. The molecular weight excluding hydrogens is 485 g/mol. The van der Waals surface area contributed by atoms with Crippen LogP contribution in [0.3, 0.4) is 0 Å². The van der Waals surface area contributed by atoms with Crippen molar-refractivity contribution in [3.05, 3.63) is 29.3 Å². The molecule has 0 radical (unpaired) electrons. The molecule has 13 heteroatoms. The molecule has 1 aliphatic heterocycles. The second-order valence-electron chi connectivity index (χ2n) is 6.09. The Labute approximate surface area is 169 Å². The molecule has 1 aromatic carbocycles. The molecule has 1 aliphatic carbocycles. The molecule has 2 atom stereocenters. The molecule has 2 N–H and O–H groups in total. The standard InChI is InChI=1S/C15H13F7N2O2S.BrH/c1-23-11-24-13(25)9-3-2-8(4-7(9)5-10(13)27-11)26-6-12(16,17)14(18,19)15(20,21)22;/h2-4,10,25H,5-6H2,1H3,(H,23,24);1H. The van der Waals surface area contributed by atoms with Gasteiger partial charge in [-0.15, -0.1) is 17.0 Å². The van der Waals surface area contributed by atoms with Crippen LogP contribution in [0.2, 0.25) is 0 Å². The molecule has 0 fully saturated rings. The van der Waals surface area contributed by atoms with Crippen molar-refractivity contribution >= 4 is 33.9 Å². The summed E-state index contributed by atoms with van der Waals surface area (Å²) in [5.41, 5.74) is -0.647. The lowest BCUT2D eigenvalue weighted by Crippen LogP contribution is -2.54. The monoisotopic (exact) mass is 498 g/mol. The van der Waals surface area contributed by atoms with Gasteiger partial charge in [0.05, 0.1) is 5.25 Å². The fourth-order valence-corrected chi connectivity index (χ4v) is 4.05. The summed E-state index contributed by atoms with van der Waals surface area (Å²) in [6, 6.07) is 3.66. The second-order valence-corrected chi connectivity index (χ2v) is 7.28. The number of aliphatic hydroxyl groups is 1. The third-order valence-electron chi connectivity index (χ3n) is 4.30. The highest BCUT2D eigenvalue weighted by molar-refractivity contribution is 8.93. The van der Waals surface area contributed by atoms with Crippen molar-refractivity contribution in [1.82, 2.24) is 5.32 Å². The van der Waals surface area contributed by atoms with E-state index in [1.807, 2.05) is 0 Å². The minimum absolute atomic E-state index is 0. The van der Waals surface area contributed by atoms with Crippen LogP contribution in [0, 0.1) is 0 Å². The van der Waals surface area contributed by atoms with Crippen LogP contribution >= 0.6 is 28.7 Å². The Morgan fingerprint density at radius 1 is 1.25 bits per heavy atom. The Hall–Kier alpha value is -1.21. The van der Waals surface area contributed by atoms with E-state index in [1.165, 1.54) is 23.9 Å². The zero-order chi connectivity index (χ0) is 20.3. The van der Waals surface area contributed by atoms with Crippen molar-refractivity contribution in [1.29, 1.82) is 0 Å². The number of fused-ring (bicyclic) bond motifs is 3. The molecule has 0 aromatic heterocycles. The molecule has 4 nitrogen and oxygen atoms in total. The van der Waals surface area contributed by atoms with E-state index >= 15 is 0 Å². The summed E-state index contributed by atoms with van der Waals surface area (Å²) in [7, 11) is 1.63. The Balaban J connectivity index is 0.00000280. The van der Waals surface area contributed by atoms with Crippen LogP contribution in [-0.4, -0.2) is 47.2 Å². The van der Waals surface area contributed by atoms with Crippen molar-refractivity contribution < 1.29 is 40.6 Å². The van der Waals surface area contributed by atoms with Gasteiger partial charge in [0.15, 0.2) is 17.5 Å². The number of halogens is 8. The predicted molar refractivity (Wildman–Crippen MR) is 93.7 cm³/mol. The minimum atomic E-state index is -6.40. The lowest BCUT2D eigenvalue weighted by molar-refractivity contribution is -0.358. The van der Waals surface area contributed by atoms with Crippen LogP contribution in [0.15, 0.2) is 23.2 Å². The molecule has 1 heterocycles. The van der Waals surface area contributed by atoms with E-state index in [-0.39, 0.29) is 34.4 Å².